The Hall–Kier alpha value is -1.10. The first kappa shape index (κ1) is 12.0. The van der Waals surface area contributed by atoms with Gasteiger partial charge in [0.2, 0.25) is 5.91 Å². The van der Waals surface area contributed by atoms with Crippen molar-refractivity contribution in [1.29, 1.82) is 0 Å². The van der Waals surface area contributed by atoms with Gasteiger partial charge in [-0.2, -0.15) is 0 Å². The number of rotatable bonds is 2. The van der Waals surface area contributed by atoms with Crippen LogP contribution in [0.2, 0.25) is 0 Å². The molecule has 3 atom stereocenters. The number of hydrogen-bond acceptors (Lipinski definition) is 4. The van der Waals surface area contributed by atoms with E-state index < -0.39 is 0 Å². The van der Waals surface area contributed by atoms with Crippen molar-refractivity contribution >= 4 is 11.6 Å². The van der Waals surface area contributed by atoms with Gasteiger partial charge in [0, 0.05) is 11.8 Å². The van der Waals surface area contributed by atoms with Crippen LogP contribution < -0.4 is 5.73 Å². The summed E-state index contributed by atoms with van der Waals surface area (Å²) in [5, 5.41) is 12.8. The molecule has 2 saturated carbocycles. The van der Waals surface area contributed by atoms with E-state index in [1.165, 1.54) is 19.3 Å². The Morgan fingerprint density at radius 2 is 2.00 bits per heavy atom. The van der Waals surface area contributed by atoms with Gasteiger partial charge in [0.05, 0.1) is 11.8 Å². The highest BCUT2D eigenvalue weighted by Gasteiger charge is 2.48. The molecular weight excluding hydrogens is 230 g/mol. The number of nitrogens with zero attached hydrogens (tertiary/aromatic N) is 2. The molecule has 0 unspecified atom stereocenters. The minimum Gasteiger partial charge on any atom is -0.411 e. The molecule has 3 aliphatic rings. The Balaban J connectivity index is 1.68. The molecule has 0 aromatic rings. The smallest absolute Gasteiger partial charge is 0.220 e. The lowest BCUT2D eigenvalue weighted by atomic mass is 9.88. The fourth-order valence-electron chi connectivity index (χ4n) is 4.14. The molecule has 1 saturated heterocycles. The van der Waals surface area contributed by atoms with Gasteiger partial charge in [0.25, 0.3) is 0 Å². The molecule has 0 spiro atoms. The molecule has 1 amide bonds. The Morgan fingerprint density at radius 3 is 2.61 bits per heavy atom. The SMILES string of the molecule is NC(=O)C1CCN([C@@H]2/C(=N\O)[C@H]3CC[C@@H]2C3)CC1. The summed E-state index contributed by atoms with van der Waals surface area (Å²) >= 11 is 0. The standard InChI is InChI=1S/C13H21N3O2/c14-13(17)8-3-5-16(6-4-8)12-10-2-1-9(7-10)11(12)15-18/h8-10,12,18H,1-7H2,(H2,14,17)/b15-11-/t9-,10+,12-/m0/s1. The highest BCUT2D eigenvalue weighted by molar-refractivity contribution is 5.94. The van der Waals surface area contributed by atoms with Gasteiger partial charge in [0.15, 0.2) is 0 Å². The number of hydrogen-bond donors (Lipinski definition) is 2. The first-order valence-electron chi connectivity index (χ1n) is 6.96. The Bertz CT molecular complexity index is 374. The maximum atomic E-state index is 11.2. The van der Waals surface area contributed by atoms with Crippen molar-refractivity contribution in [3.05, 3.63) is 0 Å². The predicted molar refractivity (Wildman–Crippen MR) is 67.3 cm³/mol. The number of carbonyl (C=O) groups is 1. The molecule has 0 aromatic heterocycles. The van der Waals surface area contributed by atoms with Gasteiger partial charge in [-0.05, 0) is 51.1 Å². The quantitative estimate of drug-likeness (QED) is 0.563. The number of carbonyl (C=O) groups excluding carboxylic acids is 1. The van der Waals surface area contributed by atoms with E-state index in [0.717, 1.165) is 31.6 Å². The second-order valence-electron chi connectivity index (χ2n) is 5.95. The van der Waals surface area contributed by atoms with E-state index in [1.54, 1.807) is 0 Å². The maximum absolute atomic E-state index is 11.2. The van der Waals surface area contributed by atoms with E-state index in [1.807, 2.05) is 0 Å². The van der Waals surface area contributed by atoms with Crippen molar-refractivity contribution in [2.75, 3.05) is 13.1 Å². The number of nitrogens with two attached hydrogens (primary N) is 1. The van der Waals surface area contributed by atoms with Crippen LogP contribution in [0.5, 0.6) is 0 Å². The molecule has 1 aliphatic heterocycles. The lowest BCUT2D eigenvalue weighted by Crippen LogP contribution is -2.49. The van der Waals surface area contributed by atoms with Crippen molar-refractivity contribution in [2.45, 2.75) is 38.1 Å². The molecule has 3 fully saturated rings. The highest BCUT2D eigenvalue weighted by Crippen LogP contribution is 2.45. The average molecular weight is 251 g/mol. The van der Waals surface area contributed by atoms with E-state index in [9.17, 15) is 10.0 Å². The second kappa shape index (κ2) is 4.53. The summed E-state index contributed by atoms with van der Waals surface area (Å²) in [5.74, 6) is 1.03. The fraction of sp³-hybridized carbons (Fsp3) is 0.846. The van der Waals surface area contributed by atoms with Crippen LogP contribution in [-0.4, -0.2) is 40.9 Å². The molecule has 5 nitrogen and oxygen atoms in total. The highest BCUT2D eigenvalue weighted by atomic mass is 16.4. The van der Waals surface area contributed by atoms with Crippen molar-refractivity contribution in [2.24, 2.45) is 28.6 Å². The normalized spacial score (nSPS) is 39.6. The first-order chi connectivity index (χ1) is 8.70. The minimum atomic E-state index is -0.168. The monoisotopic (exact) mass is 251 g/mol. The van der Waals surface area contributed by atoms with Gasteiger partial charge < -0.3 is 10.9 Å². The minimum absolute atomic E-state index is 0.0364. The summed E-state index contributed by atoms with van der Waals surface area (Å²) in [4.78, 5) is 13.6. The summed E-state index contributed by atoms with van der Waals surface area (Å²) in [6.07, 6.45) is 5.31. The van der Waals surface area contributed by atoms with E-state index in [0.29, 0.717) is 17.9 Å². The Labute approximate surface area is 107 Å². The molecule has 18 heavy (non-hydrogen) atoms. The lowest BCUT2D eigenvalue weighted by molar-refractivity contribution is -0.123. The zero-order chi connectivity index (χ0) is 12.7. The molecule has 2 aliphatic carbocycles. The molecule has 2 bridgehead atoms. The van der Waals surface area contributed by atoms with E-state index in [4.69, 9.17) is 5.73 Å². The van der Waals surface area contributed by atoms with Crippen molar-refractivity contribution in [3.63, 3.8) is 0 Å². The van der Waals surface area contributed by atoms with Gasteiger partial charge in [0.1, 0.15) is 0 Å². The van der Waals surface area contributed by atoms with Gasteiger partial charge in [-0.3, -0.25) is 9.69 Å². The summed E-state index contributed by atoms with van der Waals surface area (Å²) in [5.41, 5.74) is 6.35. The summed E-state index contributed by atoms with van der Waals surface area (Å²) in [6.45, 7) is 1.81. The molecular formula is C13H21N3O2. The Kier molecular flexibility index (Phi) is 3.01. The fourth-order valence-corrected chi connectivity index (χ4v) is 4.14. The molecule has 3 rings (SSSR count). The van der Waals surface area contributed by atoms with E-state index in [-0.39, 0.29) is 11.8 Å². The van der Waals surface area contributed by atoms with Crippen molar-refractivity contribution < 1.29 is 10.0 Å². The lowest BCUT2D eigenvalue weighted by Gasteiger charge is -2.38. The summed E-state index contributed by atoms with van der Waals surface area (Å²) < 4.78 is 0. The summed E-state index contributed by atoms with van der Waals surface area (Å²) in [6, 6.07) is 0.322. The molecule has 1 heterocycles. The van der Waals surface area contributed by atoms with E-state index >= 15 is 0 Å². The van der Waals surface area contributed by atoms with Gasteiger partial charge in [-0.15, -0.1) is 0 Å². The third kappa shape index (κ3) is 1.81. The van der Waals surface area contributed by atoms with Crippen LogP contribution in [0.25, 0.3) is 0 Å². The molecule has 5 heteroatoms. The van der Waals surface area contributed by atoms with Crippen LogP contribution in [0.15, 0.2) is 5.16 Å². The number of likely N-dealkylation sites (tertiary alicyclic amines) is 1. The third-order valence-electron chi connectivity index (χ3n) is 5.08. The van der Waals surface area contributed by atoms with Crippen LogP contribution in [0.3, 0.4) is 0 Å². The number of amides is 1. The van der Waals surface area contributed by atoms with Crippen LogP contribution in [0, 0.1) is 17.8 Å². The average Bonchev–Trinajstić information content (AvgIpc) is 2.98. The number of piperidine rings is 1. The van der Waals surface area contributed by atoms with Gasteiger partial charge in [-0.1, -0.05) is 5.16 Å². The van der Waals surface area contributed by atoms with Crippen molar-refractivity contribution in [1.82, 2.24) is 4.90 Å². The molecule has 100 valence electrons. The zero-order valence-corrected chi connectivity index (χ0v) is 10.6. The van der Waals surface area contributed by atoms with Crippen LogP contribution in [0.4, 0.5) is 0 Å². The van der Waals surface area contributed by atoms with E-state index in [2.05, 4.69) is 10.1 Å². The van der Waals surface area contributed by atoms with Gasteiger partial charge >= 0.3 is 0 Å². The van der Waals surface area contributed by atoms with Crippen LogP contribution >= 0.6 is 0 Å². The third-order valence-corrected chi connectivity index (χ3v) is 5.08. The Morgan fingerprint density at radius 1 is 1.28 bits per heavy atom. The maximum Gasteiger partial charge on any atom is 0.220 e. The first-order valence-corrected chi connectivity index (χ1v) is 6.96. The number of fused-ring (bicyclic) bond motifs is 2. The molecule has 0 radical (unpaired) electrons. The topological polar surface area (TPSA) is 78.9 Å². The predicted octanol–water partition coefficient (Wildman–Crippen LogP) is 0.812. The van der Waals surface area contributed by atoms with Crippen molar-refractivity contribution in [3.8, 4) is 0 Å². The largest absolute Gasteiger partial charge is 0.411 e. The van der Waals surface area contributed by atoms with Crippen LogP contribution in [0.1, 0.15) is 32.1 Å². The zero-order valence-electron chi connectivity index (χ0n) is 10.6. The van der Waals surface area contributed by atoms with Gasteiger partial charge in [-0.25, -0.2) is 0 Å². The van der Waals surface area contributed by atoms with Crippen LogP contribution in [-0.2, 0) is 4.79 Å². The number of primary amides is 1. The summed E-state index contributed by atoms with van der Waals surface area (Å²) in [7, 11) is 0. The molecule has 0 aromatic carbocycles. The second-order valence-corrected chi connectivity index (χ2v) is 5.95. The number of oxime groups is 1. The molecule has 3 N–H and O–H groups in total.